The highest BCUT2D eigenvalue weighted by Crippen LogP contribution is 2.17. The van der Waals surface area contributed by atoms with Crippen molar-refractivity contribution < 1.29 is 24.2 Å². The Balaban J connectivity index is 2.35. The molecule has 0 atom stereocenters. The van der Waals surface area contributed by atoms with Gasteiger partial charge in [0.15, 0.2) is 0 Å². The smallest absolute Gasteiger partial charge is 0.323 e. The van der Waals surface area contributed by atoms with Crippen LogP contribution in [0.5, 0.6) is 11.5 Å². The summed E-state index contributed by atoms with van der Waals surface area (Å²) in [6.07, 6.45) is 0.801. The Morgan fingerprint density at radius 2 is 1.77 bits per heavy atom. The van der Waals surface area contributed by atoms with Gasteiger partial charge >= 0.3 is 5.97 Å². The molecule has 1 aromatic rings. The number of benzene rings is 1. The molecule has 0 aliphatic heterocycles. The molecule has 0 aromatic heterocycles. The molecule has 122 valence electrons. The molecule has 0 bridgehead atoms. The van der Waals surface area contributed by atoms with E-state index in [1.807, 2.05) is 0 Å². The zero-order valence-corrected chi connectivity index (χ0v) is 13.2. The minimum atomic E-state index is -1.00. The first kappa shape index (κ1) is 17.8. The van der Waals surface area contributed by atoms with E-state index in [-0.39, 0.29) is 24.9 Å². The van der Waals surface area contributed by atoms with Crippen LogP contribution in [0.2, 0.25) is 0 Å². The summed E-state index contributed by atoms with van der Waals surface area (Å²) in [5.74, 6) is 0.288. The second-order valence-electron chi connectivity index (χ2n) is 5.14. The molecule has 1 N–H and O–H groups in total. The van der Waals surface area contributed by atoms with Gasteiger partial charge in [0.2, 0.25) is 5.91 Å². The van der Waals surface area contributed by atoms with Gasteiger partial charge in [0.25, 0.3) is 0 Å². The maximum Gasteiger partial charge on any atom is 0.323 e. The molecule has 0 aliphatic carbocycles. The quantitative estimate of drug-likeness (QED) is 0.708. The minimum absolute atomic E-state index is 0.133. The molecule has 1 amide bonds. The Morgan fingerprint density at radius 1 is 1.18 bits per heavy atom. The van der Waals surface area contributed by atoms with Crippen LogP contribution < -0.4 is 9.47 Å². The number of carbonyl (C=O) groups excluding carboxylic acids is 1. The van der Waals surface area contributed by atoms with Crippen molar-refractivity contribution in [2.24, 2.45) is 0 Å². The number of ether oxygens (including phenoxy) is 2. The summed E-state index contributed by atoms with van der Waals surface area (Å²) >= 11 is 0. The SMILES string of the molecule is COc1ccc(OCCCC(=O)N(CC(=O)O)C(C)C)cc1. The van der Waals surface area contributed by atoms with Gasteiger partial charge in [-0.05, 0) is 44.5 Å². The van der Waals surface area contributed by atoms with E-state index < -0.39 is 5.97 Å². The zero-order valence-electron chi connectivity index (χ0n) is 13.2. The molecular weight excluding hydrogens is 286 g/mol. The van der Waals surface area contributed by atoms with Gasteiger partial charge in [-0.1, -0.05) is 0 Å². The van der Waals surface area contributed by atoms with Crippen LogP contribution in [0.1, 0.15) is 26.7 Å². The lowest BCUT2D eigenvalue weighted by Crippen LogP contribution is -2.40. The van der Waals surface area contributed by atoms with Gasteiger partial charge in [-0.2, -0.15) is 0 Å². The van der Waals surface area contributed by atoms with E-state index in [0.717, 1.165) is 5.75 Å². The van der Waals surface area contributed by atoms with Crippen LogP contribution in [0, 0.1) is 0 Å². The topological polar surface area (TPSA) is 76.1 Å². The van der Waals surface area contributed by atoms with Gasteiger partial charge in [-0.3, -0.25) is 9.59 Å². The van der Waals surface area contributed by atoms with E-state index in [1.54, 1.807) is 45.2 Å². The number of carbonyl (C=O) groups is 2. The summed E-state index contributed by atoms with van der Waals surface area (Å²) in [7, 11) is 1.60. The van der Waals surface area contributed by atoms with Crippen molar-refractivity contribution in [3.05, 3.63) is 24.3 Å². The summed E-state index contributed by atoms with van der Waals surface area (Å²) < 4.78 is 10.6. The first-order valence-corrected chi connectivity index (χ1v) is 7.22. The number of carboxylic acids is 1. The van der Waals surface area contributed by atoms with E-state index in [9.17, 15) is 9.59 Å². The minimum Gasteiger partial charge on any atom is -0.497 e. The van der Waals surface area contributed by atoms with Crippen molar-refractivity contribution in [2.75, 3.05) is 20.3 Å². The summed E-state index contributed by atoms with van der Waals surface area (Å²) in [6, 6.07) is 7.06. The summed E-state index contributed by atoms with van der Waals surface area (Å²) in [5, 5.41) is 8.82. The Hall–Kier alpha value is -2.24. The number of nitrogens with zero attached hydrogens (tertiary/aromatic N) is 1. The standard InChI is InChI=1S/C16H23NO5/c1-12(2)17(11-16(19)20)15(18)5-4-10-22-14-8-6-13(21-3)7-9-14/h6-9,12H,4-5,10-11H2,1-3H3,(H,19,20). The van der Waals surface area contributed by atoms with Crippen LogP contribution in [0.25, 0.3) is 0 Å². The normalized spacial score (nSPS) is 10.4. The van der Waals surface area contributed by atoms with Crippen LogP contribution in [0.4, 0.5) is 0 Å². The van der Waals surface area contributed by atoms with Gasteiger partial charge in [0.05, 0.1) is 13.7 Å². The van der Waals surface area contributed by atoms with Crippen LogP contribution in [0.3, 0.4) is 0 Å². The number of aliphatic carboxylic acids is 1. The number of hydrogen-bond acceptors (Lipinski definition) is 4. The average molecular weight is 309 g/mol. The lowest BCUT2D eigenvalue weighted by Gasteiger charge is -2.24. The molecule has 0 fully saturated rings. The highest BCUT2D eigenvalue weighted by atomic mass is 16.5. The molecule has 0 radical (unpaired) electrons. The summed E-state index contributed by atoms with van der Waals surface area (Å²) in [5.41, 5.74) is 0. The van der Waals surface area contributed by atoms with E-state index >= 15 is 0 Å². The lowest BCUT2D eigenvalue weighted by atomic mass is 10.2. The number of hydrogen-bond donors (Lipinski definition) is 1. The number of rotatable bonds is 9. The summed E-state index contributed by atoms with van der Waals surface area (Å²) in [6.45, 7) is 3.73. The fourth-order valence-corrected chi connectivity index (χ4v) is 1.93. The molecule has 1 rings (SSSR count). The second-order valence-corrected chi connectivity index (χ2v) is 5.14. The number of carboxylic acid groups (broad SMARTS) is 1. The predicted molar refractivity (Wildman–Crippen MR) is 82.2 cm³/mol. The molecule has 22 heavy (non-hydrogen) atoms. The van der Waals surface area contributed by atoms with Crippen molar-refractivity contribution in [1.29, 1.82) is 0 Å². The molecule has 0 saturated carbocycles. The highest BCUT2D eigenvalue weighted by molar-refractivity contribution is 5.81. The van der Waals surface area contributed by atoms with E-state index in [2.05, 4.69) is 0 Å². The lowest BCUT2D eigenvalue weighted by molar-refractivity contribution is -0.145. The van der Waals surface area contributed by atoms with Crippen molar-refractivity contribution in [3.8, 4) is 11.5 Å². The molecule has 6 heteroatoms. The van der Waals surface area contributed by atoms with Crippen molar-refractivity contribution in [3.63, 3.8) is 0 Å². The number of amides is 1. The Morgan fingerprint density at radius 3 is 2.27 bits per heavy atom. The third-order valence-electron chi connectivity index (χ3n) is 3.11. The van der Waals surface area contributed by atoms with Crippen LogP contribution in [-0.2, 0) is 9.59 Å². The van der Waals surface area contributed by atoms with E-state index in [4.69, 9.17) is 14.6 Å². The van der Waals surface area contributed by atoms with Crippen LogP contribution in [-0.4, -0.2) is 48.2 Å². The summed E-state index contributed by atoms with van der Waals surface area (Å²) in [4.78, 5) is 24.1. The van der Waals surface area contributed by atoms with Gasteiger partial charge in [-0.25, -0.2) is 0 Å². The van der Waals surface area contributed by atoms with Gasteiger partial charge < -0.3 is 19.5 Å². The molecule has 1 aromatic carbocycles. The third-order valence-corrected chi connectivity index (χ3v) is 3.11. The van der Waals surface area contributed by atoms with Crippen LogP contribution >= 0.6 is 0 Å². The average Bonchev–Trinajstić information content (AvgIpc) is 2.49. The maximum absolute atomic E-state index is 12.0. The fraction of sp³-hybridized carbons (Fsp3) is 0.500. The Labute approximate surface area is 130 Å². The van der Waals surface area contributed by atoms with E-state index in [1.165, 1.54) is 4.90 Å². The molecular formula is C16H23NO5. The molecule has 0 unspecified atom stereocenters. The van der Waals surface area contributed by atoms with Gasteiger partial charge in [-0.15, -0.1) is 0 Å². The molecule has 0 aliphatic rings. The fourth-order valence-electron chi connectivity index (χ4n) is 1.93. The zero-order chi connectivity index (χ0) is 16.5. The van der Waals surface area contributed by atoms with E-state index in [0.29, 0.717) is 18.8 Å². The largest absolute Gasteiger partial charge is 0.497 e. The monoisotopic (exact) mass is 309 g/mol. The first-order chi connectivity index (χ1) is 10.4. The molecule has 0 spiro atoms. The van der Waals surface area contributed by atoms with Crippen molar-refractivity contribution in [1.82, 2.24) is 4.90 Å². The van der Waals surface area contributed by atoms with Crippen LogP contribution in [0.15, 0.2) is 24.3 Å². The Kier molecular flexibility index (Phi) is 7.22. The Bertz CT molecular complexity index is 484. The van der Waals surface area contributed by atoms with Gasteiger partial charge in [0, 0.05) is 12.5 Å². The predicted octanol–water partition coefficient (Wildman–Crippen LogP) is 2.18. The van der Waals surface area contributed by atoms with Gasteiger partial charge in [0.1, 0.15) is 18.0 Å². The van der Waals surface area contributed by atoms with Crippen molar-refractivity contribution in [2.45, 2.75) is 32.7 Å². The maximum atomic E-state index is 12.0. The first-order valence-electron chi connectivity index (χ1n) is 7.22. The third kappa shape index (κ3) is 6.03. The van der Waals surface area contributed by atoms with Crippen molar-refractivity contribution >= 4 is 11.9 Å². The highest BCUT2D eigenvalue weighted by Gasteiger charge is 2.19. The molecule has 6 nitrogen and oxygen atoms in total. The number of methoxy groups -OCH3 is 1. The molecule has 0 saturated heterocycles. The second kappa shape index (κ2) is 8.92. The molecule has 0 heterocycles.